The van der Waals surface area contributed by atoms with Crippen LogP contribution in [0.5, 0.6) is 0 Å². The number of ketones is 1. The third-order valence-electron chi connectivity index (χ3n) is 5.38. The average molecular weight is 316 g/mol. The lowest BCUT2D eigenvalue weighted by Gasteiger charge is -2.32. The molecular weight excluding hydrogens is 282 g/mol. The highest BCUT2D eigenvalue weighted by Gasteiger charge is 2.23. The Hall–Kier alpha value is -1.15. The number of carbonyl (C=O) groups excluding carboxylic acids is 1. The van der Waals surface area contributed by atoms with Gasteiger partial charge in [-0.05, 0) is 61.3 Å². The predicted molar refractivity (Wildman–Crippen MR) is 98.1 cm³/mol. The first-order valence-corrected chi connectivity index (χ1v) is 9.51. The van der Waals surface area contributed by atoms with Crippen molar-refractivity contribution in [2.24, 2.45) is 5.92 Å². The van der Waals surface area contributed by atoms with Crippen molar-refractivity contribution in [3.63, 3.8) is 0 Å². The van der Waals surface area contributed by atoms with Gasteiger partial charge in [0.1, 0.15) is 0 Å². The summed E-state index contributed by atoms with van der Waals surface area (Å²) in [6.07, 6.45) is 7.85. The molecule has 2 nitrogen and oxygen atoms in total. The van der Waals surface area contributed by atoms with Crippen LogP contribution < -0.4 is 5.32 Å². The van der Waals surface area contributed by atoms with Gasteiger partial charge in [-0.3, -0.25) is 4.79 Å². The molecule has 1 aliphatic rings. The smallest absolute Gasteiger partial charge is 0.162 e. The van der Waals surface area contributed by atoms with E-state index in [0.717, 1.165) is 37.3 Å². The molecule has 0 amide bonds. The van der Waals surface area contributed by atoms with Crippen molar-refractivity contribution >= 4 is 5.78 Å². The van der Waals surface area contributed by atoms with Gasteiger partial charge in [0.25, 0.3) is 0 Å². The fraction of sp³-hybridized carbons (Fsp3) is 0.667. The fourth-order valence-electron chi connectivity index (χ4n) is 3.63. The monoisotopic (exact) mass is 315 g/mol. The summed E-state index contributed by atoms with van der Waals surface area (Å²) in [5.74, 6) is 1.13. The van der Waals surface area contributed by atoms with Crippen molar-refractivity contribution in [1.82, 2.24) is 5.32 Å². The quantitative estimate of drug-likeness (QED) is 0.644. The first kappa shape index (κ1) is 18.2. The summed E-state index contributed by atoms with van der Waals surface area (Å²) < 4.78 is 0. The van der Waals surface area contributed by atoms with Crippen molar-refractivity contribution in [1.29, 1.82) is 0 Å². The third-order valence-corrected chi connectivity index (χ3v) is 5.38. The van der Waals surface area contributed by atoms with Crippen LogP contribution in [0.4, 0.5) is 0 Å². The van der Waals surface area contributed by atoms with Crippen molar-refractivity contribution in [2.45, 2.75) is 85.2 Å². The van der Waals surface area contributed by atoms with Gasteiger partial charge in [-0.25, -0.2) is 0 Å². The molecule has 1 atom stereocenters. The van der Waals surface area contributed by atoms with E-state index in [-0.39, 0.29) is 5.78 Å². The van der Waals surface area contributed by atoms with Gasteiger partial charge < -0.3 is 5.32 Å². The minimum Gasteiger partial charge on any atom is -0.310 e. The van der Waals surface area contributed by atoms with E-state index in [1.54, 1.807) is 0 Å². The molecule has 1 N–H and O–H groups in total. The number of hydrogen-bond acceptors (Lipinski definition) is 2. The van der Waals surface area contributed by atoms with Crippen LogP contribution >= 0.6 is 0 Å². The topological polar surface area (TPSA) is 29.1 Å². The minimum absolute atomic E-state index is 0.285. The molecule has 1 fully saturated rings. The van der Waals surface area contributed by atoms with Crippen LogP contribution in [-0.2, 0) is 19.4 Å². The van der Waals surface area contributed by atoms with E-state index in [1.807, 2.05) is 6.92 Å². The summed E-state index contributed by atoms with van der Waals surface area (Å²) in [6.45, 7) is 9.52. The number of Topliss-reactive ketones (excluding diaryl/α,β-unsaturated/α-hetero) is 1. The minimum atomic E-state index is 0.285. The molecular formula is C21H33NO. The van der Waals surface area contributed by atoms with Gasteiger partial charge in [-0.1, -0.05) is 39.7 Å². The molecule has 1 aliphatic carbocycles. The molecule has 0 bridgehead atoms. The Bertz CT molecular complexity index is 531. The molecule has 128 valence electrons. The van der Waals surface area contributed by atoms with Gasteiger partial charge in [-0.15, -0.1) is 0 Å². The summed E-state index contributed by atoms with van der Waals surface area (Å²) >= 11 is 0. The lowest BCUT2D eigenvalue weighted by molar-refractivity contribution is 0.0987. The average Bonchev–Trinajstić information content (AvgIpc) is 2.50. The van der Waals surface area contributed by atoms with E-state index in [0.29, 0.717) is 12.5 Å². The molecule has 0 saturated heterocycles. The van der Waals surface area contributed by atoms with Crippen LogP contribution in [-0.4, -0.2) is 11.8 Å². The number of benzene rings is 1. The Labute approximate surface area is 142 Å². The van der Waals surface area contributed by atoms with Crippen LogP contribution in [0.1, 0.15) is 86.8 Å². The van der Waals surface area contributed by atoms with E-state index in [1.165, 1.54) is 36.0 Å². The molecule has 1 saturated carbocycles. The maximum absolute atomic E-state index is 12.4. The molecule has 1 aromatic rings. The van der Waals surface area contributed by atoms with Gasteiger partial charge in [0.2, 0.25) is 0 Å². The maximum Gasteiger partial charge on any atom is 0.162 e. The molecule has 2 heteroatoms. The second-order valence-corrected chi connectivity index (χ2v) is 7.02. The van der Waals surface area contributed by atoms with Gasteiger partial charge in [0, 0.05) is 24.6 Å². The van der Waals surface area contributed by atoms with E-state index < -0.39 is 0 Å². The van der Waals surface area contributed by atoms with Crippen LogP contribution in [0.2, 0.25) is 0 Å². The highest BCUT2D eigenvalue weighted by Crippen LogP contribution is 2.29. The van der Waals surface area contributed by atoms with Crippen LogP contribution in [0.15, 0.2) is 12.1 Å². The number of hydrogen-bond donors (Lipinski definition) is 1. The summed E-state index contributed by atoms with van der Waals surface area (Å²) in [5.41, 5.74) is 4.89. The van der Waals surface area contributed by atoms with Gasteiger partial charge in [-0.2, -0.15) is 0 Å². The normalized spacial score (nSPS) is 16.2. The first-order valence-electron chi connectivity index (χ1n) is 9.51. The highest BCUT2D eigenvalue weighted by molar-refractivity contribution is 5.97. The van der Waals surface area contributed by atoms with Crippen LogP contribution in [0, 0.1) is 5.92 Å². The van der Waals surface area contributed by atoms with Crippen LogP contribution in [0.25, 0.3) is 0 Å². The largest absolute Gasteiger partial charge is 0.310 e. The van der Waals surface area contributed by atoms with E-state index in [4.69, 9.17) is 0 Å². The van der Waals surface area contributed by atoms with Crippen molar-refractivity contribution in [3.8, 4) is 0 Å². The van der Waals surface area contributed by atoms with Crippen molar-refractivity contribution in [3.05, 3.63) is 34.4 Å². The van der Waals surface area contributed by atoms with E-state index in [2.05, 4.69) is 38.2 Å². The lowest BCUT2D eigenvalue weighted by Crippen LogP contribution is -2.36. The molecule has 2 rings (SSSR count). The lowest BCUT2D eigenvalue weighted by atomic mass is 9.80. The molecule has 1 aromatic carbocycles. The molecule has 1 unspecified atom stereocenters. The summed E-state index contributed by atoms with van der Waals surface area (Å²) in [5, 5.41) is 3.68. The summed E-state index contributed by atoms with van der Waals surface area (Å²) in [7, 11) is 0. The Morgan fingerprint density at radius 1 is 1.26 bits per heavy atom. The van der Waals surface area contributed by atoms with Gasteiger partial charge >= 0.3 is 0 Å². The number of rotatable bonds is 9. The molecule has 0 heterocycles. The zero-order chi connectivity index (χ0) is 16.8. The van der Waals surface area contributed by atoms with Crippen molar-refractivity contribution < 1.29 is 4.79 Å². The standard InChI is InChI=1S/C21H33NO/c1-5-9-18-12-16(14-22-15(4)17-10-8-11-17)13-20(19(18)6-2)21(23)7-3/h12-13,15,17,22H,5-11,14H2,1-4H3. The number of nitrogens with one attached hydrogen (secondary N) is 1. The predicted octanol–water partition coefficient (Wildman–Crippen LogP) is 5.07. The van der Waals surface area contributed by atoms with Gasteiger partial charge in [0.05, 0.1) is 0 Å². The Balaban J connectivity index is 2.20. The molecule has 0 aliphatic heterocycles. The van der Waals surface area contributed by atoms with E-state index >= 15 is 0 Å². The summed E-state index contributed by atoms with van der Waals surface area (Å²) in [4.78, 5) is 12.4. The second kappa shape index (κ2) is 8.63. The zero-order valence-electron chi connectivity index (χ0n) is 15.4. The highest BCUT2D eigenvalue weighted by atomic mass is 16.1. The SMILES string of the molecule is CCCc1cc(CNC(C)C2CCC2)cc(C(=O)CC)c1CC. The van der Waals surface area contributed by atoms with Crippen LogP contribution in [0.3, 0.4) is 0 Å². The van der Waals surface area contributed by atoms with Crippen molar-refractivity contribution in [2.75, 3.05) is 0 Å². The summed E-state index contributed by atoms with van der Waals surface area (Å²) in [6, 6.07) is 5.05. The maximum atomic E-state index is 12.4. The third kappa shape index (κ3) is 4.44. The molecule has 0 spiro atoms. The zero-order valence-corrected chi connectivity index (χ0v) is 15.4. The van der Waals surface area contributed by atoms with E-state index in [9.17, 15) is 4.79 Å². The number of carbonyl (C=O) groups is 1. The molecule has 0 aromatic heterocycles. The molecule has 23 heavy (non-hydrogen) atoms. The Morgan fingerprint density at radius 2 is 2.00 bits per heavy atom. The van der Waals surface area contributed by atoms with Gasteiger partial charge in [0.15, 0.2) is 5.78 Å². The Morgan fingerprint density at radius 3 is 2.52 bits per heavy atom. The molecule has 0 radical (unpaired) electrons. The Kier molecular flexibility index (Phi) is 6.83. The first-order chi connectivity index (χ1) is 11.1. The second-order valence-electron chi connectivity index (χ2n) is 7.02. The fourth-order valence-corrected chi connectivity index (χ4v) is 3.63. The number of aryl methyl sites for hydroxylation is 1.